The van der Waals surface area contributed by atoms with Gasteiger partial charge < -0.3 is 4.79 Å². The standard InChI is InChI=1S/C8H15N.C4H8O.C3H8.C2H6.H2/c1-4-7-9-8(5-2)6-3;1-3-4(2)5;1-3-2;1-2;/h5H,2,4,6-7H2,1,3H3;3H2,1-2H3;3H2,1-2H3;1-2H3;1H. The van der Waals surface area contributed by atoms with E-state index in [1.165, 1.54) is 6.42 Å². The predicted octanol–water partition coefficient (Wildman–Crippen LogP) is 6.11. The monoisotopic (exact) mass is 273 g/mol. The maximum Gasteiger partial charge on any atom is 0.129 e. The lowest BCUT2D eigenvalue weighted by molar-refractivity contribution is -0.116. The molecule has 0 spiro atoms. The minimum atomic E-state index is 0. The molecule has 2 heteroatoms. The molecule has 118 valence electrons. The van der Waals surface area contributed by atoms with E-state index in [9.17, 15) is 4.79 Å². The molecule has 0 aliphatic rings. The average molecular weight is 274 g/mol. The van der Waals surface area contributed by atoms with Crippen LogP contribution in [-0.2, 0) is 4.79 Å². The maximum atomic E-state index is 9.81. The number of ketones is 1. The topological polar surface area (TPSA) is 29.4 Å². The Labute approximate surface area is 123 Å². The minimum Gasteiger partial charge on any atom is -0.300 e. The molecule has 0 aliphatic heterocycles. The molecular formula is C17H39NO. The second-order valence-electron chi connectivity index (χ2n) is 3.69. The largest absolute Gasteiger partial charge is 0.300 e. The van der Waals surface area contributed by atoms with Crippen LogP contribution < -0.4 is 0 Å². The van der Waals surface area contributed by atoms with E-state index >= 15 is 0 Å². The van der Waals surface area contributed by atoms with Gasteiger partial charge in [0.2, 0.25) is 0 Å². The van der Waals surface area contributed by atoms with Crippen molar-refractivity contribution in [1.82, 2.24) is 0 Å². The van der Waals surface area contributed by atoms with Gasteiger partial charge in [-0.05, 0) is 25.8 Å². The van der Waals surface area contributed by atoms with E-state index in [0.717, 1.165) is 25.1 Å². The molecule has 0 fully saturated rings. The molecule has 0 atom stereocenters. The van der Waals surface area contributed by atoms with E-state index in [-0.39, 0.29) is 7.21 Å². The van der Waals surface area contributed by atoms with E-state index in [0.29, 0.717) is 6.42 Å². The average Bonchev–Trinajstić information content (AvgIpc) is 2.44. The maximum absolute atomic E-state index is 9.81. The second-order valence-corrected chi connectivity index (χ2v) is 3.69. The van der Waals surface area contributed by atoms with Crippen LogP contribution in [0.15, 0.2) is 17.6 Å². The highest BCUT2D eigenvalue weighted by Crippen LogP contribution is 1.88. The van der Waals surface area contributed by atoms with Gasteiger partial charge in [0, 0.05) is 20.1 Å². The van der Waals surface area contributed by atoms with E-state index in [1.54, 1.807) is 6.92 Å². The first-order chi connectivity index (χ1) is 9.03. The molecule has 0 unspecified atom stereocenters. The van der Waals surface area contributed by atoms with Crippen LogP contribution in [0.3, 0.4) is 0 Å². The molecule has 2 nitrogen and oxygen atoms in total. The smallest absolute Gasteiger partial charge is 0.129 e. The van der Waals surface area contributed by atoms with E-state index < -0.39 is 0 Å². The summed E-state index contributed by atoms with van der Waals surface area (Å²) in [7, 11) is 0. The first kappa shape index (κ1) is 26.6. The van der Waals surface area contributed by atoms with Gasteiger partial charge in [0.1, 0.15) is 5.78 Å². The Morgan fingerprint density at radius 3 is 1.63 bits per heavy atom. The molecule has 0 saturated carbocycles. The van der Waals surface area contributed by atoms with Crippen LogP contribution in [0.1, 0.15) is 82.5 Å². The Hall–Kier alpha value is -0.920. The van der Waals surface area contributed by atoms with Crippen LogP contribution in [0.25, 0.3) is 0 Å². The van der Waals surface area contributed by atoms with Crippen LogP contribution in [0, 0.1) is 0 Å². The third-order valence-corrected chi connectivity index (χ3v) is 1.63. The molecule has 0 aromatic heterocycles. The zero-order valence-electron chi connectivity index (χ0n) is 14.7. The van der Waals surface area contributed by atoms with Gasteiger partial charge in [-0.3, -0.25) is 4.99 Å². The lowest BCUT2D eigenvalue weighted by Crippen LogP contribution is -1.90. The minimum absolute atomic E-state index is 0. The number of rotatable bonds is 5. The zero-order valence-corrected chi connectivity index (χ0v) is 14.7. The fourth-order valence-corrected chi connectivity index (χ4v) is 0.576. The van der Waals surface area contributed by atoms with Crippen molar-refractivity contribution in [2.75, 3.05) is 6.54 Å². The van der Waals surface area contributed by atoms with Gasteiger partial charge in [-0.1, -0.05) is 61.5 Å². The van der Waals surface area contributed by atoms with Crippen molar-refractivity contribution < 1.29 is 6.22 Å². The number of Topliss-reactive ketones (excluding diaryl/α,β-unsaturated/α-hetero) is 1. The van der Waals surface area contributed by atoms with Crippen molar-refractivity contribution >= 4 is 11.5 Å². The molecule has 0 saturated heterocycles. The summed E-state index contributed by atoms with van der Waals surface area (Å²) in [5, 5.41) is 0. The summed E-state index contributed by atoms with van der Waals surface area (Å²) < 4.78 is 0. The van der Waals surface area contributed by atoms with Gasteiger partial charge in [-0.15, -0.1) is 0 Å². The lowest BCUT2D eigenvalue weighted by atomic mass is 10.3. The number of carbonyl (C=O) groups excluding carboxylic acids is 1. The molecule has 19 heavy (non-hydrogen) atoms. The highest BCUT2D eigenvalue weighted by atomic mass is 16.1. The zero-order chi connectivity index (χ0) is 16.1. The van der Waals surface area contributed by atoms with Crippen molar-refractivity contribution in [3.05, 3.63) is 12.7 Å². The van der Waals surface area contributed by atoms with E-state index in [1.807, 2.05) is 26.8 Å². The summed E-state index contributed by atoms with van der Waals surface area (Å²) in [6.07, 6.45) is 5.87. The van der Waals surface area contributed by atoms with E-state index in [2.05, 4.69) is 39.3 Å². The van der Waals surface area contributed by atoms with Crippen LogP contribution in [-0.4, -0.2) is 18.0 Å². The molecule has 0 aliphatic carbocycles. The molecule has 0 aromatic rings. The molecule has 0 bridgehead atoms. The number of nitrogens with zero attached hydrogens (tertiary/aromatic N) is 1. The Balaban J connectivity index is -0.0000000584. The van der Waals surface area contributed by atoms with Gasteiger partial charge in [-0.2, -0.15) is 0 Å². The highest BCUT2D eigenvalue weighted by Gasteiger charge is 1.84. The second kappa shape index (κ2) is 30.3. The summed E-state index contributed by atoms with van der Waals surface area (Å²) in [6, 6.07) is 0. The molecule has 0 radical (unpaired) electrons. The first-order valence-corrected chi connectivity index (χ1v) is 7.68. The normalized spacial score (nSPS) is 8.74. The Morgan fingerprint density at radius 1 is 1.11 bits per heavy atom. The third kappa shape index (κ3) is 47.1. The van der Waals surface area contributed by atoms with Crippen LogP contribution in [0.2, 0.25) is 0 Å². The van der Waals surface area contributed by atoms with Gasteiger partial charge in [-0.25, -0.2) is 0 Å². The van der Waals surface area contributed by atoms with Gasteiger partial charge in [0.05, 0.1) is 0 Å². The SMILES string of the molecule is C=CC(CC)=NCCC.CC.CCC.CCC(C)=O.[HH]. The fourth-order valence-electron chi connectivity index (χ4n) is 0.576. The van der Waals surface area contributed by atoms with Crippen LogP contribution in [0.5, 0.6) is 0 Å². The molecule has 0 heterocycles. The summed E-state index contributed by atoms with van der Waals surface area (Å²) >= 11 is 0. The number of aliphatic imine (C=N–C) groups is 1. The third-order valence-electron chi connectivity index (χ3n) is 1.63. The van der Waals surface area contributed by atoms with Crippen LogP contribution in [0.4, 0.5) is 0 Å². The summed E-state index contributed by atoms with van der Waals surface area (Å²) in [4.78, 5) is 14.1. The van der Waals surface area contributed by atoms with Gasteiger partial charge in [0.25, 0.3) is 0 Å². The van der Waals surface area contributed by atoms with Crippen molar-refractivity contribution in [3.8, 4) is 0 Å². The molecule has 0 N–H and O–H groups in total. The molecular weight excluding hydrogens is 234 g/mol. The molecule has 0 rings (SSSR count). The van der Waals surface area contributed by atoms with Crippen LogP contribution >= 0.6 is 0 Å². The summed E-state index contributed by atoms with van der Waals surface area (Å²) in [6.45, 7) is 20.5. The Morgan fingerprint density at radius 2 is 1.47 bits per heavy atom. The number of hydrogen-bond acceptors (Lipinski definition) is 2. The van der Waals surface area contributed by atoms with Crippen molar-refractivity contribution in [2.24, 2.45) is 4.99 Å². The first-order valence-electron chi connectivity index (χ1n) is 7.68. The fraction of sp³-hybridized carbons (Fsp3) is 0.765. The molecule has 0 amide bonds. The number of allylic oxidation sites excluding steroid dienone is 1. The highest BCUT2D eigenvalue weighted by molar-refractivity contribution is 5.94. The number of hydrogen-bond donors (Lipinski definition) is 0. The predicted molar refractivity (Wildman–Crippen MR) is 93.5 cm³/mol. The van der Waals surface area contributed by atoms with Crippen molar-refractivity contribution in [3.63, 3.8) is 0 Å². The summed E-state index contributed by atoms with van der Waals surface area (Å²) in [5.74, 6) is 0.255. The Kier molecular flexibility index (Phi) is 42.4. The van der Waals surface area contributed by atoms with Gasteiger partial charge in [0.15, 0.2) is 0 Å². The quantitative estimate of drug-likeness (QED) is 0.556. The molecule has 0 aromatic carbocycles. The number of carbonyl (C=O) groups is 1. The van der Waals surface area contributed by atoms with Gasteiger partial charge >= 0.3 is 0 Å². The summed E-state index contributed by atoms with van der Waals surface area (Å²) in [5.41, 5.74) is 1.12. The lowest BCUT2D eigenvalue weighted by Gasteiger charge is -1.92. The van der Waals surface area contributed by atoms with Crippen molar-refractivity contribution in [2.45, 2.75) is 81.1 Å². The van der Waals surface area contributed by atoms with Crippen molar-refractivity contribution in [1.29, 1.82) is 0 Å². The van der Waals surface area contributed by atoms with E-state index in [4.69, 9.17) is 0 Å². The Bertz CT molecular complexity index is 201.